The fourth-order valence-corrected chi connectivity index (χ4v) is 1.88. The molecule has 0 unspecified atom stereocenters. The Morgan fingerprint density at radius 2 is 2.00 bits per heavy atom. The molecule has 1 saturated carbocycles. The number of hydrogen-bond acceptors (Lipinski definition) is 2. The molecule has 3 heteroatoms. The number of ether oxygens (including phenoxy) is 1. The minimum atomic E-state index is -0.151. The molecule has 0 bridgehead atoms. The van der Waals surface area contributed by atoms with Crippen molar-refractivity contribution in [2.45, 2.75) is 38.1 Å². The fourth-order valence-electron chi connectivity index (χ4n) is 1.88. The van der Waals surface area contributed by atoms with Crippen molar-refractivity contribution in [1.29, 1.82) is 0 Å². The van der Waals surface area contributed by atoms with E-state index in [1.54, 1.807) is 0 Å². The summed E-state index contributed by atoms with van der Waals surface area (Å²) in [5, 5.41) is 0. The maximum absolute atomic E-state index is 11.1. The average Bonchev–Trinajstić information content (AvgIpc) is 2.17. The summed E-state index contributed by atoms with van der Waals surface area (Å²) < 4.78 is 4.66. The molecule has 1 rings (SSSR count). The zero-order chi connectivity index (χ0) is 8.97. The van der Waals surface area contributed by atoms with E-state index in [0.29, 0.717) is 5.92 Å². The van der Waals surface area contributed by atoms with Crippen LogP contribution in [0.4, 0.5) is 0 Å². The molecule has 0 heterocycles. The molecule has 0 amide bonds. The van der Waals surface area contributed by atoms with Crippen LogP contribution in [0.1, 0.15) is 32.1 Å². The first-order chi connectivity index (χ1) is 5.75. The van der Waals surface area contributed by atoms with Crippen LogP contribution in [0.15, 0.2) is 0 Å². The molecule has 12 heavy (non-hydrogen) atoms. The Hall–Kier alpha value is -0.570. The summed E-state index contributed by atoms with van der Waals surface area (Å²) in [6.45, 7) is 0. The normalized spacial score (nSPS) is 21.8. The van der Waals surface area contributed by atoms with Gasteiger partial charge in [0.15, 0.2) is 6.04 Å². The molecular weight excluding hydrogens is 154 g/mol. The second kappa shape index (κ2) is 4.45. The molecule has 1 aliphatic rings. The van der Waals surface area contributed by atoms with Crippen LogP contribution in [0.3, 0.4) is 0 Å². The number of carbonyl (C=O) groups excluding carboxylic acids is 1. The van der Waals surface area contributed by atoms with Gasteiger partial charge in [0.05, 0.1) is 7.11 Å². The van der Waals surface area contributed by atoms with Crippen LogP contribution in [0.5, 0.6) is 0 Å². The highest BCUT2D eigenvalue weighted by molar-refractivity contribution is 5.74. The summed E-state index contributed by atoms with van der Waals surface area (Å²) in [6.07, 6.45) is 6.08. The summed E-state index contributed by atoms with van der Waals surface area (Å²) in [5.41, 5.74) is 3.86. The highest BCUT2D eigenvalue weighted by Crippen LogP contribution is 2.25. The van der Waals surface area contributed by atoms with Gasteiger partial charge in [0.25, 0.3) is 0 Å². The maximum Gasteiger partial charge on any atom is 0.364 e. The highest BCUT2D eigenvalue weighted by Gasteiger charge is 2.29. The Labute approximate surface area is 73.3 Å². The molecule has 0 aromatic heterocycles. The minimum Gasteiger partial charge on any atom is -0.465 e. The molecule has 0 saturated heterocycles. The molecule has 0 spiro atoms. The van der Waals surface area contributed by atoms with Gasteiger partial charge in [-0.1, -0.05) is 19.3 Å². The molecular formula is C9H18NO2+. The van der Waals surface area contributed by atoms with Crippen molar-refractivity contribution in [3.05, 3.63) is 0 Å². The molecule has 1 aliphatic carbocycles. The Kier molecular flexibility index (Phi) is 3.53. The lowest BCUT2D eigenvalue weighted by Gasteiger charge is -2.22. The standard InChI is InChI=1S/C9H17NO2/c1-12-9(11)8(10)7-5-3-2-4-6-7/h7-8H,2-6,10H2,1H3/p+1/t8-/m0/s1. The third-order valence-corrected chi connectivity index (χ3v) is 2.72. The van der Waals surface area contributed by atoms with Crippen molar-refractivity contribution in [3.63, 3.8) is 0 Å². The lowest BCUT2D eigenvalue weighted by atomic mass is 9.84. The first-order valence-corrected chi connectivity index (χ1v) is 4.66. The number of hydrogen-bond donors (Lipinski definition) is 1. The molecule has 0 radical (unpaired) electrons. The topological polar surface area (TPSA) is 53.9 Å². The summed E-state index contributed by atoms with van der Waals surface area (Å²) in [5.74, 6) is 0.313. The fraction of sp³-hybridized carbons (Fsp3) is 0.889. The van der Waals surface area contributed by atoms with Gasteiger partial charge in [0.1, 0.15) is 0 Å². The van der Waals surface area contributed by atoms with E-state index in [1.165, 1.54) is 26.4 Å². The Bertz CT molecular complexity index is 153. The van der Waals surface area contributed by atoms with Gasteiger partial charge >= 0.3 is 5.97 Å². The SMILES string of the molecule is COC(=O)[C@@H]([NH3+])C1CCCCC1. The van der Waals surface area contributed by atoms with Crippen LogP contribution in [0.25, 0.3) is 0 Å². The van der Waals surface area contributed by atoms with E-state index >= 15 is 0 Å². The summed E-state index contributed by atoms with van der Waals surface area (Å²) in [6, 6.07) is -0.143. The van der Waals surface area contributed by atoms with Gasteiger partial charge in [-0.15, -0.1) is 0 Å². The highest BCUT2D eigenvalue weighted by atomic mass is 16.5. The lowest BCUT2D eigenvalue weighted by molar-refractivity contribution is -0.422. The van der Waals surface area contributed by atoms with Crippen LogP contribution >= 0.6 is 0 Å². The van der Waals surface area contributed by atoms with E-state index in [-0.39, 0.29) is 12.0 Å². The van der Waals surface area contributed by atoms with E-state index in [2.05, 4.69) is 10.5 Å². The third-order valence-electron chi connectivity index (χ3n) is 2.72. The predicted molar refractivity (Wildman–Crippen MR) is 45.3 cm³/mol. The monoisotopic (exact) mass is 172 g/mol. The lowest BCUT2D eigenvalue weighted by Crippen LogP contribution is -2.68. The van der Waals surface area contributed by atoms with Crippen molar-refractivity contribution in [1.82, 2.24) is 0 Å². The number of rotatable bonds is 2. The van der Waals surface area contributed by atoms with Crippen LogP contribution in [0.2, 0.25) is 0 Å². The maximum atomic E-state index is 11.1. The molecule has 3 nitrogen and oxygen atoms in total. The molecule has 1 atom stereocenters. The quantitative estimate of drug-likeness (QED) is 0.611. The van der Waals surface area contributed by atoms with Gasteiger partial charge < -0.3 is 10.5 Å². The Morgan fingerprint density at radius 3 is 2.50 bits per heavy atom. The van der Waals surface area contributed by atoms with E-state index < -0.39 is 0 Å². The molecule has 0 aliphatic heterocycles. The first-order valence-electron chi connectivity index (χ1n) is 4.66. The van der Waals surface area contributed by atoms with Gasteiger partial charge in [-0.25, -0.2) is 4.79 Å². The van der Waals surface area contributed by atoms with E-state index in [4.69, 9.17) is 0 Å². The summed E-state index contributed by atoms with van der Waals surface area (Å²) >= 11 is 0. The number of quaternary nitrogens is 1. The van der Waals surface area contributed by atoms with Crippen LogP contribution in [-0.4, -0.2) is 19.1 Å². The summed E-state index contributed by atoms with van der Waals surface area (Å²) in [7, 11) is 1.43. The van der Waals surface area contributed by atoms with E-state index in [0.717, 1.165) is 12.8 Å². The number of esters is 1. The van der Waals surface area contributed by atoms with Gasteiger partial charge in [0, 0.05) is 5.92 Å². The van der Waals surface area contributed by atoms with Crippen molar-refractivity contribution in [2.24, 2.45) is 5.92 Å². The first kappa shape index (κ1) is 9.52. The Balaban J connectivity index is 2.39. The summed E-state index contributed by atoms with van der Waals surface area (Å²) in [4.78, 5) is 11.1. The van der Waals surface area contributed by atoms with Crippen molar-refractivity contribution in [3.8, 4) is 0 Å². The largest absolute Gasteiger partial charge is 0.465 e. The smallest absolute Gasteiger partial charge is 0.364 e. The van der Waals surface area contributed by atoms with Gasteiger partial charge in [-0.2, -0.15) is 0 Å². The molecule has 0 aromatic carbocycles. The average molecular weight is 172 g/mol. The van der Waals surface area contributed by atoms with E-state index in [9.17, 15) is 4.79 Å². The van der Waals surface area contributed by atoms with Crippen molar-refractivity contribution < 1.29 is 15.3 Å². The van der Waals surface area contributed by atoms with Gasteiger partial charge in [-0.05, 0) is 12.8 Å². The second-order valence-electron chi connectivity index (χ2n) is 3.53. The molecule has 70 valence electrons. The van der Waals surface area contributed by atoms with E-state index in [1.807, 2.05) is 0 Å². The molecule has 0 aromatic rings. The van der Waals surface area contributed by atoms with Crippen molar-refractivity contribution in [2.75, 3.05) is 7.11 Å². The predicted octanol–water partition coefficient (Wildman–Crippen LogP) is 0.350. The zero-order valence-electron chi connectivity index (χ0n) is 7.71. The van der Waals surface area contributed by atoms with Crippen LogP contribution < -0.4 is 5.73 Å². The van der Waals surface area contributed by atoms with Crippen LogP contribution in [-0.2, 0) is 9.53 Å². The van der Waals surface area contributed by atoms with Gasteiger partial charge in [-0.3, -0.25) is 0 Å². The molecule has 1 fully saturated rings. The number of methoxy groups -OCH3 is 1. The second-order valence-corrected chi connectivity index (χ2v) is 3.53. The number of carbonyl (C=O) groups is 1. The van der Waals surface area contributed by atoms with Gasteiger partial charge in [0.2, 0.25) is 0 Å². The van der Waals surface area contributed by atoms with Crippen LogP contribution in [0, 0.1) is 5.92 Å². The zero-order valence-corrected chi connectivity index (χ0v) is 7.71. The minimum absolute atomic E-state index is 0.143. The molecule has 3 N–H and O–H groups in total. The Morgan fingerprint density at radius 1 is 1.42 bits per heavy atom. The third kappa shape index (κ3) is 2.21. The van der Waals surface area contributed by atoms with Crippen molar-refractivity contribution >= 4 is 5.97 Å².